The van der Waals surface area contributed by atoms with Gasteiger partial charge < -0.3 is 5.73 Å². The number of anilines is 1. The van der Waals surface area contributed by atoms with Crippen molar-refractivity contribution in [2.24, 2.45) is 0 Å². The van der Waals surface area contributed by atoms with E-state index in [9.17, 15) is 0 Å². The predicted octanol–water partition coefficient (Wildman–Crippen LogP) is 3.39. The van der Waals surface area contributed by atoms with Crippen LogP contribution in [0.25, 0.3) is 0 Å². The van der Waals surface area contributed by atoms with Gasteiger partial charge in [-0.05, 0) is 35.4 Å². The maximum absolute atomic E-state index is 5.53. The van der Waals surface area contributed by atoms with Gasteiger partial charge in [0.15, 0.2) is 0 Å². The van der Waals surface area contributed by atoms with E-state index in [4.69, 9.17) is 5.73 Å². The van der Waals surface area contributed by atoms with Crippen molar-refractivity contribution in [3.8, 4) is 0 Å². The minimum absolute atomic E-state index is 0.515. The summed E-state index contributed by atoms with van der Waals surface area (Å²) in [7, 11) is 0. The van der Waals surface area contributed by atoms with Gasteiger partial charge in [0.1, 0.15) is 0 Å². The first-order chi connectivity index (χ1) is 7.65. The second kappa shape index (κ2) is 4.84. The third-order valence-electron chi connectivity index (χ3n) is 2.18. The summed E-state index contributed by atoms with van der Waals surface area (Å²) in [4.78, 5) is 5.25. The summed E-state index contributed by atoms with van der Waals surface area (Å²) in [6, 6.07) is 8.47. The van der Waals surface area contributed by atoms with E-state index < -0.39 is 0 Å². The fourth-order valence-corrected chi connectivity index (χ4v) is 2.57. The Morgan fingerprint density at radius 1 is 1.25 bits per heavy atom. The topological polar surface area (TPSA) is 51.8 Å². The van der Waals surface area contributed by atoms with Crippen molar-refractivity contribution >= 4 is 28.4 Å². The van der Waals surface area contributed by atoms with Crippen molar-refractivity contribution in [2.75, 3.05) is 5.73 Å². The first-order valence-electron chi connectivity index (χ1n) is 5.02. The third kappa shape index (κ3) is 2.74. The fraction of sp³-hybridized carbons (Fsp3) is 0.273. The molecule has 1 aromatic carbocycles. The van der Waals surface area contributed by atoms with Crippen LogP contribution in [0, 0.1) is 0 Å². The van der Waals surface area contributed by atoms with Crippen molar-refractivity contribution in [3.63, 3.8) is 0 Å². The molecule has 84 valence electrons. The van der Waals surface area contributed by atoms with Crippen LogP contribution in [-0.2, 0) is 0 Å². The van der Waals surface area contributed by atoms with Crippen LogP contribution in [0.4, 0.5) is 5.13 Å². The molecule has 1 aromatic heterocycles. The molecule has 0 saturated carbocycles. The minimum atomic E-state index is 0.515. The molecule has 0 unspecified atom stereocenters. The van der Waals surface area contributed by atoms with Gasteiger partial charge in [-0.15, -0.1) is 0 Å². The Labute approximate surface area is 103 Å². The van der Waals surface area contributed by atoms with E-state index in [1.54, 1.807) is 0 Å². The monoisotopic (exact) mass is 251 g/mol. The average Bonchev–Trinajstić information content (AvgIpc) is 2.65. The van der Waals surface area contributed by atoms with E-state index in [1.807, 2.05) is 0 Å². The van der Waals surface area contributed by atoms with E-state index in [-0.39, 0.29) is 0 Å². The van der Waals surface area contributed by atoms with Crippen molar-refractivity contribution in [1.29, 1.82) is 0 Å². The predicted molar refractivity (Wildman–Crippen MR) is 69.0 cm³/mol. The lowest BCUT2D eigenvalue weighted by atomic mass is 10.0. The molecule has 0 radical (unpaired) electrons. The Morgan fingerprint density at radius 2 is 1.94 bits per heavy atom. The molecular formula is C11H13N3S2. The molecule has 2 N–H and O–H groups in total. The molecule has 3 nitrogen and oxygen atoms in total. The largest absolute Gasteiger partial charge is 0.374 e. The molecule has 16 heavy (non-hydrogen) atoms. The van der Waals surface area contributed by atoms with Crippen LogP contribution in [0.5, 0.6) is 0 Å². The highest BCUT2D eigenvalue weighted by atomic mass is 32.2. The number of hydrogen-bond acceptors (Lipinski definition) is 5. The summed E-state index contributed by atoms with van der Waals surface area (Å²) >= 11 is 2.76. The molecule has 0 saturated heterocycles. The van der Waals surface area contributed by atoms with Gasteiger partial charge in [0.05, 0.1) is 0 Å². The van der Waals surface area contributed by atoms with Gasteiger partial charge in [-0.1, -0.05) is 26.0 Å². The van der Waals surface area contributed by atoms with E-state index in [0.29, 0.717) is 11.0 Å². The van der Waals surface area contributed by atoms with Gasteiger partial charge in [0.25, 0.3) is 0 Å². The second-order valence-electron chi connectivity index (χ2n) is 3.74. The summed E-state index contributed by atoms with van der Waals surface area (Å²) in [5, 5.41) is 1.24. The zero-order chi connectivity index (χ0) is 11.5. The SMILES string of the molecule is CC(C)c1ccc(Sc2nsc(N)n2)cc1. The van der Waals surface area contributed by atoms with Crippen molar-refractivity contribution in [2.45, 2.75) is 29.8 Å². The normalized spacial score (nSPS) is 10.9. The van der Waals surface area contributed by atoms with Crippen LogP contribution in [0.15, 0.2) is 34.3 Å². The molecule has 0 amide bonds. The van der Waals surface area contributed by atoms with Crippen LogP contribution in [0.1, 0.15) is 25.3 Å². The molecule has 0 aliphatic heterocycles. The Balaban J connectivity index is 2.11. The summed E-state index contributed by atoms with van der Waals surface area (Å²) in [6.07, 6.45) is 0. The van der Waals surface area contributed by atoms with Crippen molar-refractivity contribution in [1.82, 2.24) is 9.36 Å². The smallest absolute Gasteiger partial charge is 0.206 e. The zero-order valence-electron chi connectivity index (χ0n) is 9.18. The quantitative estimate of drug-likeness (QED) is 0.908. The minimum Gasteiger partial charge on any atom is -0.374 e. The van der Waals surface area contributed by atoms with Gasteiger partial charge in [0, 0.05) is 16.4 Å². The molecule has 5 heteroatoms. The summed E-state index contributed by atoms with van der Waals surface area (Å²) in [6.45, 7) is 4.37. The molecule has 2 aromatic rings. The summed E-state index contributed by atoms with van der Waals surface area (Å²) in [5.41, 5.74) is 6.87. The lowest BCUT2D eigenvalue weighted by molar-refractivity contribution is 0.865. The second-order valence-corrected chi connectivity index (χ2v) is 5.57. The zero-order valence-corrected chi connectivity index (χ0v) is 10.8. The van der Waals surface area contributed by atoms with Gasteiger partial charge in [-0.3, -0.25) is 0 Å². The van der Waals surface area contributed by atoms with E-state index >= 15 is 0 Å². The van der Waals surface area contributed by atoms with Crippen LogP contribution in [-0.4, -0.2) is 9.36 Å². The van der Waals surface area contributed by atoms with Crippen LogP contribution in [0.2, 0.25) is 0 Å². The first kappa shape index (κ1) is 11.4. The fourth-order valence-electron chi connectivity index (χ4n) is 1.29. The average molecular weight is 251 g/mol. The summed E-state index contributed by atoms with van der Waals surface area (Å²) in [5.74, 6) is 0.562. The molecule has 0 fully saturated rings. The van der Waals surface area contributed by atoms with Gasteiger partial charge in [0.2, 0.25) is 10.3 Å². The van der Waals surface area contributed by atoms with E-state index in [2.05, 4.69) is 47.5 Å². The Bertz CT molecular complexity index is 462. The van der Waals surface area contributed by atoms with Crippen molar-refractivity contribution in [3.05, 3.63) is 29.8 Å². The highest BCUT2D eigenvalue weighted by Crippen LogP contribution is 2.28. The van der Waals surface area contributed by atoms with Gasteiger partial charge >= 0.3 is 0 Å². The maximum Gasteiger partial charge on any atom is 0.206 e. The standard InChI is InChI=1S/C11H13N3S2/c1-7(2)8-3-5-9(6-4-8)15-11-13-10(12)16-14-11/h3-7H,1-2H3,(H2,12,13,14). The summed E-state index contributed by atoms with van der Waals surface area (Å²) < 4.78 is 4.14. The van der Waals surface area contributed by atoms with Gasteiger partial charge in [-0.2, -0.15) is 9.36 Å². The lowest BCUT2D eigenvalue weighted by Crippen LogP contribution is -1.86. The number of aromatic nitrogens is 2. The molecule has 0 aliphatic rings. The van der Waals surface area contributed by atoms with Crippen LogP contribution < -0.4 is 5.73 Å². The molecule has 2 rings (SSSR count). The number of nitrogens with two attached hydrogens (primary N) is 1. The van der Waals surface area contributed by atoms with Crippen LogP contribution in [0.3, 0.4) is 0 Å². The molecule has 0 aliphatic carbocycles. The third-order valence-corrected chi connectivity index (χ3v) is 3.71. The van der Waals surface area contributed by atoms with Crippen LogP contribution >= 0.6 is 23.3 Å². The number of nitrogen functional groups attached to an aromatic ring is 1. The first-order valence-corrected chi connectivity index (χ1v) is 6.61. The number of benzene rings is 1. The Hall–Kier alpha value is -1.07. The molecular weight excluding hydrogens is 238 g/mol. The van der Waals surface area contributed by atoms with Gasteiger partial charge in [-0.25, -0.2) is 0 Å². The number of hydrogen-bond donors (Lipinski definition) is 1. The number of nitrogens with zero attached hydrogens (tertiary/aromatic N) is 2. The Kier molecular flexibility index (Phi) is 3.46. The van der Waals surface area contributed by atoms with Crippen molar-refractivity contribution < 1.29 is 0 Å². The van der Waals surface area contributed by atoms with E-state index in [1.165, 1.54) is 28.9 Å². The Morgan fingerprint density at radius 3 is 2.44 bits per heavy atom. The van der Waals surface area contributed by atoms with E-state index in [0.717, 1.165) is 10.1 Å². The molecule has 1 heterocycles. The highest BCUT2D eigenvalue weighted by Gasteiger charge is 2.04. The maximum atomic E-state index is 5.53. The molecule has 0 spiro atoms. The number of rotatable bonds is 3. The molecule has 0 bridgehead atoms. The molecule has 0 atom stereocenters. The lowest BCUT2D eigenvalue weighted by Gasteiger charge is -2.05. The highest BCUT2D eigenvalue weighted by molar-refractivity contribution is 7.99.